The van der Waals surface area contributed by atoms with Gasteiger partial charge in [0.1, 0.15) is 12.4 Å². The molecule has 1 heterocycles. The molecule has 4 rings (SSSR count). The van der Waals surface area contributed by atoms with Gasteiger partial charge >= 0.3 is 0 Å². The zero-order valence-corrected chi connectivity index (χ0v) is 24.4. The summed E-state index contributed by atoms with van der Waals surface area (Å²) >= 11 is 0. The fourth-order valence-electron chi connectivity index (χ4n) is 5.05. The summed E-state index contributed by atoms with van der Waals surface area (Å²) in [5, 5.41) is 14.0. The van der Waals surface area contributed by atoms with E-state index in [9.17, 15) is 14.7 Å². The third kappa shape index (κ3) is 6.72. The number of aryl methyl sites for hydroxylation is 1. The molecule has 0 spiro atoms. The number of likely N-dealkylation sites (tertiary alicyclic amines) is 1. The van der Waals surface area contributed by atoms with Gasteiger partial charge in [-0.1, -0.05) is 48.2 Å². The second kappa shape index (κ2) is 13.4. The van der Waals surface area contributed by atoms with E-state index in [0.717, 1.165) is 12.1 Å². The van der Waals surface area contributed by atoms with Crippen molar-refractivity contribution in [3.05, 3.63) is 94.6 Å². The number of rotatable bonds is 12. The summed E-state index contributed by atoms with van der Waals surface area (Å²) in [6.07, 6.45) is 0.681. The minimum atomic E-state index is -0.836. The van der Waals surface area contributed by atoms with E-state index >= 15 is 0 Å². The van der Waals surface area contributed by atoms with Crippen LogP contribution in [0.4, 0.5) is 0 Å². The minimum absolute atomic E-state index is 0.0560. The molecule has 216 valence electrons. The van der Waals surface area contributed by atoms with Gasteiger partial charge in [0.25, 0.3) is 5.91 Å². The van der Waals surface area contributed by atoms with Crippen LogP contribution in [-0.2, 0) is 16.2 Å². The number of ether oxygens (including phenoxy) is 3. The van der Waals surface area contributed by atoms with Gasteiger partial charge in [-0.2, -0.15) is 0 Å². The van der Waals surface area contributed by atoms with E-state index in [-0.39, 0.29) is 5.57 Å². The van der Waals surface area contributed by atoms with E-state index in [4.69, 9.17) is 14.2 Å². The molecule has 1 atom stereocenters. The molecule has 1 N–H and O–H groups in total. The number of benzene rings is 3. The summed E-state index contributed by atoms with van der Waals surface area (Å²) < 4.78 is 17.1. The molecule has 1 fully saturated rings. The van der Waals surface area contributed by atoms with E-state index in [2.05, 4.69) is 0 Å². The number of ketones is 1. The number of Topliss-reactive ketones (excluding diaryl/α,β-unsaturated/α-hetero) is 1. The Hall–Kier alpha value is -4.30. The number of methoxy groups -OCH3 is 1. The average molecular weight is 559 g/mol. The first-order valence-electron chi connectivity index (χ1n) is 13.9. The van der Waals surface area contributed by atoms with E-state index in [1.807, 2.05) is 51.4 Å². The Balaban J connectivity index is 1.73. The van der Waals surface area contributed by atoms with Crippen LogP contribution in [0.25, 0.3) is 5.76 Å². The molecule has 0 aromatic heterocycles. The first-order chi connectivity index (χ1) is 19.7. The predicted molar refractivity (Wildman–Crippen MR) is 155 cm³/mol. The predicted octanol–water partition coefficient (Wildman–Crippen LogP) is 2.74. The Morgan fingerprint density at radius 3 is 2.39 bits per heavy atom. The lowest BCUT2D eigenvalue weighted by molar-refractivity contribution is -0.858. The molecular weight excluding hydrogens is 520 g/mol. The third-order valence-corrected chi connectivity index (χ3v) is 7.10. The van der Waals surface area contributed by atoms with Gasteiger partial charge in [0.2, 0.25) is 5.78 Å². The summed E-state index contributed by atoms with van der Waals surface area (Å²) in [5.41, 5.74) is 2.60. The van der Waals surface area contributed by atoms with E-state index in [0.29, 0.717) is 60.1 Å². The summed E-state index contributed by atoms with van der Waals surface area (Å²) in [5.74, 6) is -0.269. The van der Waals surface area contributed by atoms with Crippen LogP contribution in [-0.4, -0.2) is 57.5 Å². The van der Waals surface area contributed by atoms with Gasteiger partial charge in [-0.05, 0) is 60.4 Å². The maximum atomic E-state index is 14.0. The van der Waals surface area contributed by atoms with Crippen molar-refractivity contribution >= 4 is 17.4 Å². The largest absolute Gasteiger partial charge is 0.872 e. The number of nitrogens with zero attached hydrogens (tertiary/aromatic N) is 1. The Bertz CT molecular complexity index is 1420. The lowest BCUT2D eigenvalue weighted by Gasteiger charge is -2.28. The summed E-state index contributed by atoms with van der Waals surface area (Å²) in [6, 6.07) is 19.4. The molecule has 3 aromatic carbocycles. The first-order valence-corrected chi connectivity index (χ1v) is 13.9. The average Bonchev–Trinajstić information content (AvgIpc) is 3.21. The molecule has 3 aromatic rings. The van der Waals surface area contributed by atoms with Gasteiger partial charge in [0, 0.05) is 18.5 Å². The summed E-state index contributed by atoms with van der Waals surface area (Å²) in [4.78, 5) is 29.5. The molecule has 0 bridgehead atoms. The van der Waals surface area contributed by atoms with Crippen LogP contribution < -0.4 is 24.2 Å². The third-order valence-electron chi connectivity index (χ3n) is 7.10. The summed E-state index contributed by atoms with van der Waals surface area (Å²) in [7, 11) is 5.59. The highest BCUT2D eigenvalue weighted by Crippen LogP contribution is 2.42. The van der Waals surface area contributed by atoms with Crippen LogP contribution in [0.1, 0.15) is 41.6 Å². The van der Waals surface area contributed by atoms with Crippen molar-refractivity contribution in [2.45, 2.75) is 32.9 Å². The van der Waals surface area contributed by atoms with Crippen molar-refractivity contribution in [1.82, 2.24) is 4.90 Å². The zero-order chi connectivity index (χ0) is 29.5. The molecule has 0 radical (unpaired) electrons. The number of hydrogen-bond donors (Lipinski definition) is 1. The van der Waals surface area contributed by atoms with Crippen LogP contribution in [0.5, 0.6) is 17.2 Å². The lowest BCUT2D eigenvalue weighted by atomic mass is 9.93. The molecule has 1 aliphatic heterocycles. The number of hydrogen-bond acceptors (Lipinski definition) is 6. The van der Waals surface area contributed by atoms with Crippen LogP contribution in [0, 0.1) is 6.92 Å². The Kier molecular flexibility index (Phi) is 9.68. The molecular formula is C33H38N2O6. The van der Waals surface area contributed by atoms with Gasteiger partial charge in [0.05, 0.1) is 40.4 Å². The summed E-state index contributed by atoms with van der Waals surface area (Å²) in [6.45, 7) is 5.68. The minimum Gasteiger partial charge on any atom is -0.872 e. The zero-order valence-electron chi connectivity index (χ0n) is 24.4. The molecule has 41 heavy (non-hydrogen) atoms. The molecule has 8 heteroatoms. The van der Waals surface area contributed by atoms with Gasteiger partial charge in [-0.3, -0.25) is 9.59 Å². The second-order valence-electron chi connectivity index (χ2n) is 10.4. The second-order valence-corrected chi connectivity index (χ2v) is 10.4. The van der Waals surface area contributed by atoms with Gasteiger partial charge in [0.15, 0.2) is 11.5 Å². The van der Waals surface area contributed by atoms with Crippen molar-refractivity contribution in [1.29, 1.82) is 0 Å². The van der Waals surface area contributed by atoms with E-state index in [1.165, 1.54) is 16.9 Å². The topological polar surface area (TPSA) is 92.6 Å². The Morgan fingerprint density at radius 2 is 1.73 bits per heavy atom. The molecule has 8 nitrogen and oxygen atoms in total. The normalized spacial score (nSPS) is 16.3. The number of carbonyl (C=O) groups is 2. The van der Waals surface area contributed by atoms with Crippen LogP contribution in [0.3, 0.4) is 0 Å². The number of carbonyl (C=O) groups excluding carboxylic acids is 2. The van der Waals surface area contributed by atoms with Gasteiger partial charge in [-0.15, -0.1) is 0 Å². The Labute approximate surface area is 241 Å². The smallest absolute Gasteiger partial charge is 0.295 e. The monoisotopic (exact) mass is 558 g/mol. The van der Waals surface area contributed by atoms with Crippen molar-refractivity contribution in [3.8, 4) is 17.2 Å². The maximum absolute atomic E-state index is 14.0. The standard InChI is InChI=1S/C33H38N2O6/c1-6-40-27-16-13-24(20-28(27)39-5)30-29(32(37)33(38)35(30)18-10-17-34(3)4)31(36)26-15-14-25(19-22(26)2)41-21-23-11-8-7-9-12-23/h7-9,11-16,19-20,30,36H,6,10,17-18,21H2,1-5H3/b31-29+. The van der Waals surface area contributed by atoms with Crippen molar-refractivity contribution in [3.63, 3.8) is 0 Å². The molecule has 1 unspecified atom stereocenters. The van der Waals surface area contributed by atoms with E-state index < -0.39 is 23.5 Å². The van der Waals surface area contributed by atoms with Gasteiger partial charge < -0.3 is 29.1 Å². The number of quaternary nitrogens is 1. The maximum Gasteiger partial charge on any atom is 0.295 e. The number of amides is 1. The highest BCUT2D eigenvalue weighted by molar-refractivity contribution is 6.46. The highest BCUT2D eigenvalue weighted by Gasteiger charge is 2.44. The van der Waals surface area contributed by atoms with Gasteiger partial charge in [-0.25, -0.2) is 0 Å². The fourth-order valence-corrected chi connectivity index (χ4v) is 5.05. The Morgan fingerprint density at radius 1 is 0.976 bits per heavy atom. The van der Waals surface area contributed by atoms with Crippen molar-refractivity contribution in [2.24, 2.45) is 0 Å². The van der Waals surface area contributed by atoms with Crippen LogP contribution >= 0.6 is 0 Å². The van der Waals surface area contributed by atoms with Crippen molar-refractivity contribution < 1.29 is 33.8 Å². The first kappa shape index (κ1) is 29.7. The van der Waals surface area contributed by atoms with Crippen LogP contribution in [0.2, 0.25) is 0 Å². The molecule has 0 aliphatic carbocycles. The molecule has 1 saturated heterocycles. The number of nitrogens with one attached hydrogen (secondary N) is 1. The lowest BCUT2D eigenvalue weighted by Crippen LogP contribution is -3.05. The fraction of sp³-hybridized carbons (Fsp3) is 0.333. The molecule has 1 aliphatic rings. The van der Waals surface area contributed by atoms with E-state index in [1.54, 1.807) is 43.3 Å². The van der Waals surface area contributed by atoms with Crippen molar-refractivity contribution in [2.75, 3.05) is 40.9 Å². The molecule has 1 amide bonds. The SMILES string of the molecule is CCOc1ccc(C2/C(=C(\[O-])c3ccc(OCc4ccccc4)cc3C)C(=O)C(=O)N2CCC[NH+](C)C)cc1OC. The molecule has 0 saturated carbocycles. The van der Waals surface area contributed by atoms with Crippen LogP contribution in [0.15, 0.2) is 72.3 Å². The quantitative estimate of drug-likeness (QED) is 0.209. The highest BCUT2D eigenvalue weighted by atomic mass is 16.5.